The fourth-order valence-electron chi connectivity index (χ4n) is 1.35. The van der Waals surface area contributed by atoms with E-state index in [9.17, 15) is 4.79 Å². The molecule has 0 fully saturated rings. The fraction of sp³-hybridized carbons (Fsp3) is 0.0909. The van der Waals surface area contributed by atoms with Crippen molar-refractivity contribution in [1.29, 1.82) is 0 Å². The molecule has 1 heterocycles. The summed E-state index contributed by atoms with van der Waals surface area (Å²) in [4.78, 5) is 10.7. The first-order valence-corrected chi connectivity index (χ1v) is 5.27. The van der Waals surface area contributed by atoms with Gasteiger partial charge >= 0.3 is 0 Å². The van der Waals surface area contributed by atoms with Crippen molar-refractivity contribution in [2.24, 2.45) is 0 Å². The van der Waals surface area contributed by atoms with Gasteiger partial charge in [-0.15, -0.1) is 0 Å². The highest BCUT2D eigenvalue weighted by molar-refractivity contribution is 9.10. The molecule has 0 aliphatic rings. The highest BCUT2D eigenvalue weighted by atomic mass is 79.9. The van der Waals surface area contributed by atoms with Crippen molar-refractivity contribution in [2.75, 3.05) is 0 Å². The lowest BCUT2D eigenvalue weighted by molar-refractivity contribution is 0.112. The van der Waals surface area contributed by atoms with Gasteiger partial charge in [-0.3, -0.25) is 4.79 Å². The van der Waals surface area contributed by atoms with Crippen molar-refractivity contribution < 1.29 is 4.79 Å². The molecule has 0 spiro atoms. The lowest BCUT2D eigenvalue weighted by atomic mass is 10.2. The minimum absolute atomic E-state index is 0.552. The summed E-state index contributed by atoms with van der Waals surface area (Å²) < 4.78 is 2.25. The largest absolute Gasteiger partial charge is 0.298 e. The highest BCUT2D eigenvalue weighted by Gasteiger charge is 2.06. The van der Waals surface area contributed by atoms with Gasteiger partial charge in [-0.25, -0.2) is 4.68 Å². The quantitative estimate of drug-likeness (QED) is 0.782. The number of hydrogen-bond donors (Lipinski definition) is 0. The Bertz CT molecular complexity index is 505. The van der Waals surface area contributed by atoms with Crippen LogP contribution in [0.2, 0.25) is 0 Å². The molecular formula is C11H9BrN2O. The molecule has 4 heteroatoms. The number of aromatic nitrogens is 2. The lowest BCUT2D eigenvalue weighted by Crippen LogP contribution is -1.94. The Morgan fingerprint density at radius 3 is 2.87 bits per heavy atom. The van der Waals surface area contributed by atoms with Crippen molar-refractivity contribution in [1.82, 2.24) is 9.78 Å². The Labute approximate surface area is 95.9 Å². The van der Waals surface area contributed by atoms with E-state index in [2.05, 4.69) is 21.0 Å². The summed E-state index contributed by atoms with van der Waals surface area (Å²) in [6, 6.07) is 7.93. The molecule has 0 unspecified atom stereocenters. The number of carbonyl (C=O) groups is 1. The van der Waals surface area contributed by atoms with Crippen molar-refractivity contribution in [3.63, 3.8) is 0 Å². The standard InChI is InChI=1S/C11H9BrN2O/c1-8-3-2-4-10(5-8)14-6-9(7-15)11(12)13-14/h2-7H,1H3. The van der Waals surface area contributed by atoms with Crippen molar-refractivity contribution in [2.45, 2.75) is 6.92 Å². The molecule has 0 aliphatic carbocycles. The molecular weight excluding hydrogens is 256 g/mol. The van der Waals surface area contributed by atoms with Crippen LogP contribution in [-0.4, -0.2) is 16.1 Å². The second-order valence-electron chi connectivity index (χ2n) is 3.28. The van der Waals surface area contributed by atoms with E-state index in [1.807, 2.05) is 31.2 Å². The summed E-state index contributed by atoms with van der Waals surface area (Å²) in [6.45, 7) is 2.02. The third-order valence-corrected chi connectivity index (χ3v) is 2.70. The summed E-state index contributed by atoms with van der Waals surface area (Å²) in [5.41, 5.74) is 2.66. The molecule has 0 atom stereocenters. The van der Waals surface area contributed by atoms with Crippen LogP contribution in [0.25, 0.3) is 5.69 Å². The average Bonchev–Trinajstić information content (AvgIpc) is 2.60. The number of aldehydes is 1. The number of halogens is 1. The number of hydrogen-bond acceptors (Lipinski definition) is 2. The van der Waals surface area contributed by atoms with E-state index < -0.39 is 0 Å². The first-order chi connectivity index (χ1) is 7.20. The van der Waals surface area contributed by atoms with Gasteiger partial charge < -0.3 is 0 Å². The van der Waals surface area contributed by atoms with Gasteiger partial charge in [0.25, 0.3) is 0 Å². The molecule has 0 amide bonds. The molecule has 0 bridgehead atoms. The third kappa shape index (κ3) is 1.99. The van der Waals surface area contributed by atoms with Gasteiger partial charge in [0.2, 0.25) is 0 Å². The van der Waals surface area contributed by atoms with E-state index in [1.54, 1.807) is 10.9 Å². The smallest absolute Gasteiger partial charge is 0.154 e. The summed E-state index contributed by atoms with van der Waals surface area (Å²) >= 11 is 3.23. The molecule has 2 aromatic rings. The van der Waals surface area contributed by atoms with Crippen molar-refractivity contribution in [3.05, 3.63) is 46.2 Å². The van der Waals surface area contributed by atoms with Gasteiger partial charge in [-0.2, -0.15) is 5.10 Å². The van der Waals surface area contributed by atoms with Gasteiger partial charge in [-0.05, 0) is 40.5 Å². The molecule has 1 aromatic heterocycles. The normalized spacial score (nSPS) is 10.3. The van der Waals surface area contributed by atoms with Crippen LogP contribution in [0.5, 0.6) is 0 Å². The second-order valence-corrected chi connectivity index (χ2v) is 4.03. The molecule has 0 N–H and O–H groups in total. The van der Waals surface area contributed by atoms with E-state index in [4.69, 9.17) is 0 Å². The van der Waals surface area contributed by atoms with E-state index in [0.29, 0.717) is 10.2 Å². The van der Waals surface area contributed by atoms with Gasteiger partial charge in [0.05, 0.1) is 11.3 Å². The van der Waals surface area contributed by atoms with E-state index in [0.717, 1.165) is 17.5 Å². The predicted molar refractivity (Wildman–Crippen MR) is 61.4 cm³/mol. The first kappa shape index (κ1) is 10.1. The van der Waals surface area contributed by atoms with Crippen LogP contribution in [0.15, 0.2) is 35.1 Å². The van der Waals surface area contributed by atoms with Crippen LogP contribution in [0.1, 0.15) is 15.9 Å². The molecule has 76 valence electrons. The molecule has 0 aliphatic heterocycles. The van der Waals surface area contributed by atoms with Gasteiger partial charge in [0, 0.05) is 6.20 Å². The molecule has 15 heavy (non-hydrogen) atoms. The third-order valence-electron chi connectivity index (χ3n) is 2.09. The lowest BCUT2D eigenvalue weighted by Gasteiger charge is -2.01. The highest BCUT2D eigenvalue weighted by Crippen LogP contribution is 2.16. The number of rotatable bonds is 2. The summed E-state index contributed by atoms with van der Waals surface area (Å²) in [7, 11) is 0. The van der Waals surface area contributed by atoms with Crippen LogP contribution in [0, 0.1) is 6.92 Å². The Morgan fingerprint density at radius 1 is 1.47 bits per heavy atom. The van der Waals surface area contributed by atoms with Crippen LogP contribution in [-0.2, 0) is 0 Å². The van der Waals surface area contributed by atoms with Crippen LogP contribution in [0.3, 0.4) is 0 Å². The first-order valence-electron chi connectivity index (χ1n) is 4.48. The monoisotopic (exact) mass is 264 g/mol. The number of nitrogens with zero attached hydrogens (tertiary/aromatic N) is 2. The Morgan fingerprint density at radius 2 is 2.27 bits per heavy atom. The van der Waals surface area contributed by atoms with E-state index in [-0.39, 0.29) is 0 Å². The van der Waals surface area contributed by atoms with E-state index in [1.165, 1.54) is 0 Å². The number of carbonyl (C=O) groups excluding carboxylic acids is 1. The van der Waals surface area contributed by atoms with Gasteiger partial charge in [0.1, 0.15) is 4.60 Å². The van der Waals surface area contributed by atoms with Crippen molar-refractivity contribution in [3.8, 4) is 5.69 Å². The Kier molecular flexibility index (Phi) is 2.68. The average molecular weight is 265 g/mol. The predicted octanol–water partition coefficient (Wildman–Crippen LogP) is 2.76. The minimum Gasteiger partial charge on any atom is -0.298 e. The second kappa shape index (κ2) is 3.98. The van der Waals surface area contributed by atoms with Gasteiger partial charge in [-0.1, -0.05) is 12.1 Å². The minimum atomic E-state index is 0.552. The zero-order valence-electron chi connectivity index (χ0n) is 8.14. The summed E-state index contributed by atoms with van der Waals surface area (Å²) in [5, 5.41) is 4.19. The maximum Gasteiger partial charge on any atom is 0.154 e. The molecule has 3 nitrogen and oxygen atoms in total. The number of aryl methyl sites for hydroxylation is 1. The van der Waals surface area contributed by atoms with Crippen molar-refractivity contribution >= 4 is 22.2 Å². The molecule has 1 aromatic carbocycles. The maximum absolute atomic E-state index is 10.7. The molecule has 0 saturated heterocycles. The Hall–Kier alpha value is -1.42. The number of benzene rings is 1. The Balaban J connectivity index is 2.49. The summed E-state index contributed by atoms with van der Waals surface area (Å²) in [6.07, 6.45) is 2.48. The zero-order chi connectivity index (χ0) is 10.8. The van der Waals surface area contributed by atoms with E-state index >= 15 is 0 Å². The topological polar surface area (TPSA) is 34.9 Å². The maximum atomic E-state index is 10.7. The van der Waals surface area contributed by atoms with Crippen LogP contribution >= 0.6 is 15.9 Å². The fourth-order valence-corrected chi connectivity index (χ4v) is 1.71. The zero-order valence-corrected chi connectivity index (χ0v) is 9.73. The van der Waals surface area contributed by atoms with Gasteiger partial charge in [0.15, 0.2) is 6.29 Å². The van der Waals surface area contributed by atoms with Crippen LogP contribution in [0.4, 0.5) is 0 Å². The summed E-state index contributed by atoms with van der Waals surface area (Å²) in [5.74, 6) is 0. The molecule has 0 saturated carbocycles. The SMILES string of the molecule is Cc1cccc(-n2cc(C=O)c(Br)n2)c1. The molecule has 0 radical (unpaired) electrons. The van der Waals surface area contributed by atoms with Crippen LogP contribution < -0.4 is 0 Å². The molecule has 2 rings (SSSR count).